The molecule has 6 nitrogen and oxygen atoms in total. The SMILES string of the molecule is COC(C)(C)C(F)(F)c1cccc([C@@H](C)Nc2nc(C)nc3cnc(P=O)cc23)c1F. The highest BCUT2D eigenvalue weighted by molar-refractivity contribution is 7.33. The molecular formula is C21H22F3N4O2P. The average molecular weight is 450 g/mol. The molecule has 0 unspecified atom stereocenters. The molecule has 3 aromatic rings. The predicted molar refractivity (Wildman–Crippen MR) is 113 cm³/mol. The van der Waals surface area contributed by atoms with E-state index in [1.165, 1.54) is 32.2 Å². The number of aryl methyl sites for hydroxylation is 1. The smallest absolute Gasteiger partial charge is 0.303 e. The van der Waals surface area contributed by atoms with E-state index in [1.54, 1.807) is 19.9 Å². The Bertz CT molecular complexity index is 1140. The molecule has 0 saturated heterocycles. The van der Waals surface area contributed by atoms with Crippen LogP contribution in [0.3, 0.4) is 0 Å². The van der Waals surface area contributed by atoms with Crippen LogP contribution in [0.5, 0.6) is 0 Å². The molecule has 0 radical (unpaired) electrons. The van der Waals surface area contributed by atoms with Crippen molar-refractivity contribution < 1.29 is 22.5 Å². The summed E-state index contributed by atoms with van der Waals surface area (Å²) in [7, 11) is 0.891. The Morgan fingerprint density at radius 1 is 1.23 bits per heavy atom. The molecule has 1 N–H and O–H groups in total. The van der Waals surface area contributed by atoms with Crippen molar-refractivity contribution in [2.75, 3.05) is 12.4 Å². The maximum atomic E-state index is 15.2. The Hall–Kier alpha value is -2.64. The number of rotatable bonds is 7. The quantitative estimate of drug-likeness (QED) is 0.506. The number of pyridine rings is 1. The predicted octanol–water partition coefficient (Wildman–Crippen LogP) is 5.08. The van der Waals surface area contributed by atoms with E-state index in [-0.39, 0.29) is 19.5 Å². The van der Waals surface area contributed by atoms with Gasteiger partial charge in [0.15, 0.2) is 0 Å². The molecule has 3 rings (SSSR count). The highest BCUT2D eigenvalue weighted by Crippen LogP contribution is 2.43. The van der Waals surface area contributed by atoms with Gasteiger partial charge in [-0.05, 0) is 39.8 Å². The van der Waals surface area contributed by atoms with E-state index >= 15 is 4.39 Å². The fourth-order valence-electron chi connectivity index (χ4n) is 3.16. The fraction of sp³-hybridized carbons (Fsp3) is 0.381. The third kappa shape index (κ3) is 4.25. The normalized spacial score (nSPS) is 13.5. The summed E-state index contributed by atoms with van der Waals surface area (Å²) in [6, 6.07) is 4.72. The average Bonchev–Trinajstić information content (AvgIpc) is 2.73. The molecule has 2 heterocycles. The Kier molecular flexibility index (Phi) is 6.30. The Labute approximate surface area is 179 Å². The lowest BCUT2D eigenvalue weighted by Crippen LogP contribution is -2.43. The van der Waals surface area contributed by atoms with Crippen molar-refractivity contribution in [3.8, 4) is 0 Å². The van der Waals surface area contributed by atoms with Gasteiger partial charge < -0.3 is 10.1 Å². The van der Waals surface area contributed by atoms with Gasteiger partial charge in [0.1, 0.15) is 28.5 Å². The van der Waals surface area contributed by atoms with Gasteiger partial charge in [0.05, 0.1) is 23.3 Å². The minimum Gasteiger partial charge on any atom is -0.372 e. The first-order valence-electron chi connectivity index (χ1n) is 9.48. The summed E-state index contributed by atoms with van der Waals surface area (Å²) < 4.78 is 61.3. The number of hydrogen-bond acceptors (Lipinski definition) is 6. The van der Waals surface area contributed by atoms with E-state index in [0.717, 1.165) is 13.2 Å². The zero-order chi connectivity index (χ0) is 23.0. The zero-order valence-corrected chi connectivity index (χ0v) is 18.6. The number of nitrogens with one attached hydrogen (secondary N) is 1. The second-order valence-electron chi connectivity index (χ2n) is 7.63. The van der Waals surface area contributed by atoms with Crippen molar-refractivity contribution in [3.05, 3.63) is 53.2 Å². The lowest BCUT2D eigenvalue weighted by Gasteiger charge is -2.33. The molecule has 164 valence electrons. The molecule has 1 atom stereocenters. The lowest BCUT2D eigenvalue weighted by molar-refractivity contribution is -0.186. The summed E-state index contributed by atoms with van der Waals surface area (Å²) in [5.74, 6) is -3.78. The third-order valence-corrected chi connectivity index (χ3v) is 5.66. The molecule has 31 heavy (non-hydrogen) atoms. The molecule has 0 aliphatic rings. The number of benzene rings is 1. The van der Waals surface area contributed by atoms with Crippen LogP contribution >= 0.6 is 8.46 Å². The number of methoxy groups -OCH3 is 1. The Morgan fingerprint density at radius 3 is 2.58 bits per heavy atom. The van der Waals surface area contributed by atoms with Gasteiger partial charge in [-0.25, -0.2) is 19.3 Å². The number of fused-ring (bicyclic) bond motifs is 1. The van der Waals surface area contributed by atoms with Crippen molar-refractivity contribution in [1.82, 2.24) is 15.0 Å². The van der Waals surface area contributed by atoms with Crippen molar-refractivity contribution in [1.29, 1.82) is 0 Å². The largest absolute Gasteiger partial charge is 0.372 e. The molecular weight excluding hydrogens is 428 g/mol. The third-order valence-electron chi connectivity index (χ3n) is 5.23. The van der Waals surface area contributed by atoms with Crippen LogP contribution < -0.4 is 10.8 Å². The van der Waals surface area contributed by atoms with Crippen LogP contribution in [0.1, 0.15) is 43.8 Å². The Morgan fingerprint density at radius 2 is 1.94 bits per heavy atom. The first kappa shape index (κ1) is 23.0. The summed E-state index contributed by atoms with van der Waals surface area (Å²) >= 11 is 0. The molecule has 0 aliphatic heterocycles. The van der Waals surface area contributed by atoms with Crippen molar-refractivity contribution in [3.63, 3.8) is 0 Å². The summed E-state index contributed by atoms with van der Waals surface area (Å²) in [6.07, 6.45) is 1.47. The van der Waals surface area contributed by atoms with Crippen molar-refractivity contribution in [2.24, 2.45) is 0 Å². The number of ether oxygens (including phenoxy) is 1. The van der Waals surface area contributed by atoms with Crippen LogP contribution in [-0.2, 0) is 15.2 Å². The summed E-state index contributed by atoms with van der Waals surface area (Å²) in [5, 5.41) is 3.60. The molecule has 1 aromatic carbocycles. The maximum Gasteiger partial charge on any atom is 0.303 e. The van der Waals surface area contributed by atoms with E-state index in [2.05, 4.69) is 20.3 Å². The molecule has 0 bridgehead atoms. The molecule has 0 aliphatic carbocycles. The first-order chi connectivity index (χ1) is 14.5. The van der Waals surface area contributed by atoms with Crippen molar-refractivity contribution in [2.45, 2.75) is 45.3 Å². The van der Waals surface area contributed by atoms with Crippen LogP contribution in [0.15, 0.2) is 30.5 Å². The minimum atomic E-state index is -3.56. The van der Waals surface area contributed by atoms with Gasteiger partial charge in [0, 0.05) is 18.1 Å². The van der Waals surface area contributed by atoms with E-state index in [1.807, 2.05) is 0 Å². The fourth-order valence-corrected chi connectivity index (χ4v) is 3.45. The van der Waals surface area contributed by atoms with Gasteiger partial charge in [0.25, 0.3) is 0 Å². The molecule has 0 fully saturated rings. The van der Waals surface area contributed by atoms with E-state index in [4.69, 9.17) is 4.74 Å². The van der Waals surface area contributed by atoms with Crippen LogP contribution in [0.25, 0.3) is 10.9 Å². The van der Waals surface area contributed by atoms with Crippen LogP contribution in [0.4, 0.5) is 19.0 Å². The van der Waals surface area contributed by atoms with Gasteiger partial charge in [-0.3, -0.25) is 4.57 Å². The van der Waals surface area contributed by atoms with Gasteiger partial charge >= 0.3 is 5.92 Å². The number of anilines is 1. The molecule has 10 heteroatoms. The number of alkyl halides is 2. The van der Waals surface area contributed by atoms with Gasteiger partial charge in [-0.2, -0.15) is 8.78 Å². The monoisotopic (exact) mass is 450 g/mol. The van der Waals surface area contributed by atoms with Crippen molar-refractivity contribution >= 4 is 30.6 Å². The van der Waals surface area contributed by atoms with Crippen LogP contribution in [0.2, 0.25) is 0 Å². The van der Waals surface area contributed by atoms with E-state index < -0.39 is 28.9 Å². The summed E-state index contributed by atoms with van der Waals surface area (Å²) in [6.45, 7) is 5.73. The number of nitrogens with zero attached hydrogens (tertiary/aromatic N) is 3. The second kappa shape index (κ2) is 8.48. The van der Waals surface area contributed by atoms with E-state index in [9.17, 15) is 13.3 Å². The highest BCUT2D eigenvalue weighted by Gasteiger charge is 2.50. The maximum absolute atomic E-state index is 15.2. The molecule has 2 aromatic heterocycles. The standard InChI is InChI=1S/C21H22F3N4O2P/c1-11(13-7-6-8-15(18(13)22)21(23,24)20(3,4)30-5)26-19-14-9-17(31-29)25-10-16(14)27-12(2)28-19/h6-11H,1-5H3,(H,26,27,28)/t11-/m1/s1. The minimum absolute atomic E-state index is 0.0460. The highest BCUT2D eigenvalue weighted by atomic mass is 31.1. The number of hydrogen-bond donors (Lipinski definition) is 1. The van der Waals surface area contributed by atoms with E-state index in [0.29, 0.717) is 22.5 Å². The topological polar surface area (TPSA) is 77.0 Å². The van der Waals surface area contributed by atoms with Crippen LogP contribution in [-0.4, -0.2) is 27.7 Å². The number of aromatic nitrogens is 3. The van der Waals surface area contributed by atoms with Gasteiger partial charge in [0.2, 0.25) is 8.46 Å². The molecule has 0 spiro atoms. The number of halogens is 3. The summed E-state index contributed by atoms with van der Waals surface area (Å²) in [5.41, 5.74) is -1.80. The lowest BCUT2D eigenvalue weighted by atomic mass is 9.90. The zero-order valence-electron chi connectivity index (χ0n) is 17.7. The molecule has 0 saturated carbocycles. The van der Waals surface area contributed by atoms with Crippen LogP contribution in [0, 0.1) is 12.7 Å². The summed E-state index contributed by atoms with van der Waals surface area (Å²) in [4.78, 5) is 12.7. The van der Waals surface area contributed by atoms with Gasteiger partial charge in [-0.15, -0.1) is 0 Å². The molecule has 0 amide bonds. The second-order valence-corrected chi connectivity index (χ2v) is 8.27. The Balaban J connectivity index is 2.04. The first-order valence-corrected chi connectivity index (χ1v) is 10.3. The van der Waals surface area contributed by atoms with Gasteiger partial charge in [-0.1, -0.05) is 12.1 Å².